The summed E-state index contributed by atoms with van der Waals surface area (Å²) in [5.74, 6) is -0.766. The Hall–Kier alpha value is -3.18. The van der Waals surface area contributed by atoms with E-state index in [0.717, 1.165) is 16.7 Å². The first-order chi connectivity index (χ1) is 15.8. The van der Waals surface area contributed by atoms with Gasteiger partial charge < -0.3 is 10.2 Å². The number of nitrogens with zero attached hydrogens (tertiary/aromatic N) is 1. The minimum absolute atomic E-state index is 0.0742. The van der Waals surface area contributed by atoms with Crippen LogP contribution in [-0.2, 0) is 29.0 Å². The van der Waals surface area contributed by atoms with Crippen LogP contribution in [0.15, 0.2) is 78.9 Å². The molecule has 0 saturated heterocycles. The summed E-state index contributed by atoms with van der Waals surface area (Å²) < 4.78 is 13.5. The predicted molar refractivity (Wildman–Crippen MR) is 129 cm³/mol. The van der Waals surface area contributed by atoms with Crippen molar-refractivity contribution >= 4 is 23.4 Å². The van der Waals surface area contributed by atoms with Crippen LogP contribution in [0.25, 0.3) is 0 Å². The highest BCUT2D eigenvalue weighted by atomic mass is 35.5. The summed E-state index contributed by atoms with van der Waals surface area (Å²) >= 11 is 5.98. The van der Waals surface area contributed by atoms with Crippen molar-refractivity contribution in [3.8, 4) is 0 Å². The third-order valence-electron chi connectivity index (χ3n) is 5.24. The van der Waals surface area contributed by atoms with Gasteiger partial charge in [0.25, 0.3) is 0 Å². The quantitative estimate of drug-likeness (QED) is 0.472. The van der Waals surface area contributed by atoms with Crippen molar-refractivity contribution in [2.24, 2.45) is 0 Å². The van der Waals surface area contributed by atoms with Gasteiger partial charge in [0, 0.05) is 24.0 Å². The van der Waals surface area contributed by atoms with Crippen LogP contribution in [0.2, 0.25) is 5.02 Å². The lowest BCUT2D eigenvalue weighted by Crippen LogP contribution is -2.52. The molecule has 0 aromatic heterocycles. The van der Waals surface area contributed by atoms with E-state index < -0.39 is 6.04 Å². The molecule has 0 fully saturated rings. The van der Waals surface area contributed by atoms with E-state index >= 15 is 0 Å². The van der Waals surface area contributed by atoms with Crippen molar-refractivity contribution in [2.75, 3.05) is 0 Å². The molecule has 0 radical (unpaired) electrons. The van der Waals surface area contributed by atoms with E-state index in [9.17, 15) is 14.0 Å². The zero-order chi connectivity index (χ0) is 23.8. The lowest BCUT2D eigenvalue weighted by Gasteiger charge is -2.32. The highest BCUT2D eigenvalue weighted by molar-refractivity contribution is 6.30. The Morgan fingerprint density at radius 3 is 2.09 bits per heavy atom. The summed E-state index contributed by atoms with van der Waals surface area (Å²) in [6.45, 7) is 3.96. The average molecular weight is 467 g/mol. The largest absolute Gasteiger partial charge is 0.352 e. The van der Waals surface area contributed by atoms with Gasteiger partial charge in [-0.05, 0) is 54.8 Å². The number of amides is 2. The fourth-order valence-corrected chi connectivity index (χ4v) is 3.73. The second kappa shape index (κ2) is 11.6. The van der Waals surface area contributed by atoms with Gasteiger partial charge in [0.05, 0.1) is 6.42 Å². The third-order valence-corrected chi connectivity index (χ3v) is 5.49. The molecule has 0 saturated carbocycles. The standard InChI is InChI=1S/C27H28ClFN2O2/c1-19(2)30-27(33)25(16-20-6-4-3-5-7-20)31(18-22-10-14-24(29)15-11-22)26(32)17-21-8-12-23(28)13-9-21/h3-15,19,25H,16-18H2,1-2H3,(H,30,33)/t25-/m0/s1. The minimum Gasteiger partial charge on any atom is -0.352 e. The van der Waals surface area contributed by atoms with Crippen molar-refractivity contribution in [1.29, 1.82) is 0 Å². The highest BCUT2D eigenvalue weighted by Crippen LogP contribution is 2.18. The maximum absolute atomic E-state index is 13.5. The number of nitrogens with one attached hydrogen (secondary N) is 1. The monoisotopic (exact) mass is 466 g/mol. The SMILES string of the molecule is CC(C)NC(=O)[C@H](Cc1ccccc1)N(Cc1ccc(F)cc1)C(=O)Cc1ccc(Cl)cc1. The van der Waals surface area contributed by atoms with Gasteiger partial charge >= 0.3 is 0 Å². The second-order valence-electron chi connectivity index (χ2n) is 8.32. The van der Waals surface area contributed by atoms with Crippen molar-refractivity contribution < 1.29 is 14.0 Å². The zero-order valence-corrected chi connectivity index (χ0v) is 19.6. The van der Waals surface area contributed by atoms with Crippen molar-refractivity contribution in [3.05, 3.63) is 106 Å². The van der Waals surface area contributed by atoms with E-state index in [1.807, 2.05) is 44.2 Å². The molecule has 4 nitrogen and oxygen atoms in total. The molecule has 1 N–H and O–H groups in total. The van der Waals surface area contributed by atoms with Gasteiger partial charge in [-0.15, -0.1) is 0 Å². The number of halogens is 2. The predicted octanol–water partition coefficient (Wildman–Crippen LogP) is 5.19. The number of carbonyl (C=O) groups is 2. The molecule has 6 heteroatoms. The van der Waals surface area contributed by atoms with Crippen LogP contribution in [0.4, 0.5) is 4.39 Å². The lowest BCUT2D eigenvalue weighted by atomic mass is 10.0. The van der Waals surface area contributed by atoms with Crippen LogP contribution in [0.3, 0.4) is 0 Å². The molecule has 0 heterocycles. The molecule has 0 aliphatic carbocycles. The Kier molecular flexibility index (Phi) is 8.61. The minimum atomic E-state index is -0.723. The Labute approximate surface area is 199 Å². The average Bonchev–Trinajstić information content (AvgIpc) is 2.79. The molecule has 0 spiro atoms. The molecule has 2 amide bonds. The molecular formula is C27H28ClFN2O2. The Bertz CT molecular complexity index is 1050. The van der Waals surface area contributed by atoms with Gasteiger partial charge in [0.2, 0.25) is 11.8 Å². The molecule has 1 atom stereocenters. The van der Waals surface area contributed by atoms with Gasteiger partial charge in [-0.2, -0.15) is 0 Å². The number of carbonyl (C=O) groups excluding carboxylic acids is 2. The highest BCUT2D eigenvalue weighted by Gasteiger charge is 2.30. The van der Waals surface area contributed by atoms with Gasteiger partial charge in [-0.25, -0.2) is 4.39 Å². The van der Waals surface area contributed by atoms with E-state index in [-0.39, 0.29) is 36.6 Å². The Morgan fingerprint density at radius 2 is 1.48 bits per heavy atom. The van der Waals surface area contributed by atoms with Crippen molar-refractivity contribution in [1.82, 2.24) is 10.2 Å². The number of hydrogen-bond donors (Lipinski definition) is 1. The van der Waals surface area contributed by atoms with Gasteiger partial charge in [-0.1, -0.05) is 66.2 Å². The molecule has 3 rings (SSSR count). The van der Waals surface area contributed by atoms with Crippen LogP contribution in [0, 0.1) is 5.82 Å². The number of benzene rings is 3. The fourth-order valence-electron chi connectivity index (χ4n) is 3.60. The first kappa shape index (κ1) is 24.5. The summed E-state index contributed by atoms with van der Waals surface area (Å²) in [7, 11) is 0. The summed E-state index contributed by atoms with van der Waals surface area (Å²) in [4.78, 5) is 28.4. The molecule has 0 aliphatic rings. The second-order valence-corrected chi connectivity index (χ2v) is 8.76. The van der Waals surface area contributed by atoms with E-state index in [1.165, 1.54) is 12.1 Å². The summed E-state index contributed by atoms with van der Waals surface area (Å²) in [6.07, 6.45) is 0.492. The number of hydrogen-bond acceptors (Lipinski definition) is 2. The van der Waals surface area contributed by atoms with Gasteiger partial charge in [-0.3, -0.25) is 9.59 Å². The van der Waals surface area contributed by atoms with Crippen LogP contribution in [0.5, 0.6) is 0 Å². The van der Waals surface area contributed by atoms with E-state index in [0.29, 0.717) is 11.4 Å². The van der Waals surface area contributed by atoms with E-state index in [2.05, 4.69) is 5.32 Å². The van der Waals surface area contributed by atoms with E-state index in [4.69, 9.17) is 11.6 Å². The zero-order valence-electron chi connectivity index (χ0n) is 18.8. The summed E-state index contributed by atoms with van der Waals surface area (Å²) in [6, 6.07) is 21.9. The van der Waals surface area contributed by atoms with Crippen LogP contribution in [-0.4, -0.2) is 28.8 Å². The molecule has 33 heavy (non-hydrogen) atoms. The van der Waals surface area contributed by atoms with Crippen LogP contribution >= 0.6 is 11.6 Å². The summed E-state index contributed by atoms with van der Waals surface area (Å²) in [5, 5.41) is 3.54. The third kappa shape index (κ3) is 7.43. The maximum Gasteiger partial charge on any atom is 0.243 e. The van der Waals surface area contributed by atoms with Crippen molar-refractivity contribution in [3.63, 3.8) is 0 Å². The molecule has 3 aromatic rings. The lowest BCUT2D eigenvalue weighted by molar-refractivity contribution is -0.141. The molecule has 0 bridgehead atoms. The molecule has 3 aromatic carbocycles. The molecule has 0 aliphatic heterocycles. The Morgan fingerprint density at radius 1 is 0.879 bits per heavy atom. The molecule has 0 unspecified atom stereocenters. The smallest absolute Gasteiger partial charge is 0.243 e. The Balaban J connectivity index is 1.95. The van der Waals surface area contributed by atoms with Crippen LogP contribution < -0.4 is 5.32 Å². The first-order valence-electron chi connectivity index (χ1n) is 10.9. The normalized spacial score (nSPS) is 11.8. The molecular weight excluding hydrogens is 439 g/mol. The summed E-state index contributed by atoms with van der Waals surface area (Å²) in [5.41, 5.74) is 2.50. The molecule has 172 valence electrons. The topological polar surface area (TPSA) is 49.4 Å². The fraction of sp³-hybridized carbons (Fsp3) is 0.259. The van der Waals surface area contributed by atoms with Crippen molar-refractivity contribution in [2.45, 2.75) is 45.3 Å². The first-order valence-corrected chi connectivity index (χ1v) is 11.3. The van der Waals surface area contributed by atoms with Gasteiger partial charge in [0.15, 0.2) is 0 Å². The van der Waals surface area contributed by atoms with Gasteiger partial charge in [0.1, 0.15) is 11.9 Å². The van der Waals surface area contributed by atoms with Crippen LogP contribution in [0.1, 0.15) is 30.5 Å². The number of rotatable bonds is 9. The van der Waals surface area contributed by atoms with E-state index in [1.54, 1.807) is 41.3 Å². The maximum atomic E-state index is 13.5.